The molecule has 2 N–H and O–H groups in total. The van der Waals surface area contributed by atoms with Gasteiger partial charge in [0.25, 0.3) is 0 Å². The Morgan fingerprint density at radius 2 is 2.00 bits per heavy atom. The van der Waals surface area contributed by atoms with Crippen LogP contribution in [0.3, 0.4) is 0 Å². The molecule has 1 aromatic carbocycles. The molecule has 1 saturated carbocycles. The molecule has 0 bridgehead atoms. The Bertz CT molecular complexity index is 908. The number of thioether (sulfide) groups is 1. The van der Waals surface area contributed by atoms with Crippen LogP contribution in [-0.2, 0) is 0 Å². The van der Waals surface area contributed by atoms with Crippen molar-refractivity contribution in [3.05, 3.63) is 35.5 Å². The van der Waals surface area contributed by atoms with Crippen LogP contribution in [0.2, 0.25) is 0 Å². The standard InChI is InChI=1S/C27H40N2O3S/c1-20-18-28-24-8-7-21(32-2)17-23(24)26(20)25(31)9-10-27(19-30)11-13-29(14-12-27)15-16-33-22-5-3-4-6-22/h7-8,17-18,22,25,30-31H,3-6,9-16,19H2,1-2H3/t25-/m0/s1. The highest BCUT2D eigenvalue weighted by Crippen LogP contribution is 2.40. The van der Waals surface area contributed by atoms with E-state index in [2.05, 4.69) is 21.6 Å². The molecule has 2 fully saturated rings. The van der Waals surface area contributed by atoms with Crippen LogP contribution in [0, 0.1) is 12.3 Å². The summed E-state index contributed by atoms with van der Waals surface area (Å²) < 4.78 is 5.40. The fraction of sp³-hybridized carbons (Fsp3) is 0.667. The Labute approximate surface area is 202 Å². The largest absolute Gasteiger partial charge is 0.497 e. The molecule has 0 spiro atoms. The second-order valence-corrected chi connectivity index (χ2v) is 11.5. The Hall–Kier alpha value is -1.34. The number of aliphatic hydroxyl groups excluding tert-OH is 2. The van der Waals surface area contributed by atoms with Crippen LogP contribution >= 0.6 is 11.8 Å². The van der Waals surface area contributed by atoms with Gasteiger partial charge >= 0.3 is 0 Å². The summed E-state index contributed by atoms with van der Waals surface area (Å²) in [6.07, 6.45) is 10.4. The maximum Gasteiger partial charge on any atom is 0.119 e. The third-order valence-electron chi connectivity index (χ3n) is 7.91. The van der Waals surface area contributed by atoms with E-state index in [0.29, 0.717) is 6.42 Å². The normalized spacial score (nSPS) is 20.4. The molecule has 0 amide bonds. The Balaban J connectivity index is 1.33. The molecule has 5 nitrogen and oxygen atoms in total. The first-order valence-electron chi connectivity index (χ1n) is 12.6. The lowest BCUT2D eigenvalue weighted by Gasteiger charge is -2.41. The molecule has 1 atom stereocenters. The molecule has 2 aliphatic rings. The highest BCUT2D eigenvalue weighted by atomic mass is 32.2. The van der Waals surface area contributed by atoms with Gasteiger partial charge in [-0.15, -0.1) is 0 Å². The molecule has 0 radical (unpaired) electrons. The number of likely N-dealkylation sites (tertiary alicyclic amines) is 1. The quantitative estimate of drug-likeness (QED) is 0.501. The third-order valence-corrected chi connectivity index (χ3v) is 9.27. The van der Waals surface area contributed by atoms with Crippen molar-refractivity contribution in [2.24, 2.45) is 5.41 Å². The molecular formula is C27H40N2O3S. The van der Waals surface area contributed by atoms with Crippen LogP contribution in [0.1, 0.15) is 68.6 Å². The molecule has 1 aliphatic carbocycles. The van der Waals surface area contributed by atoms with Crippen molar-refractivity contribution in [1.29, 1.82) is 0 Å². The summed E-state index contributed by atoms with van der Waals surface area (Å²) in [4.78, 5) is 7.09. The van der Waals surface area contributed by atoms with E-state index in [1.807, 2.05) is 31.3 Å². The van der Waals surface area contributed by atoms with Crippen molar-refractivity contribution in [2.75, 3.05) is 39.1 Å². The van der Waals surface area contributed by atoms with Crippen molar-refractivity contribution in [2.45, 2.75) is 69.6 Å². The van der Waals surface area contributed by atoms with Crippen molar-refractivity contribution in [3.8, 4) is 5.75 Å². The minimum atomic E-state index is -0.577. The minimum absolute atomic E-state index is 0.0789. The van der Waals surface area contributed by atoms with E-state index in [-0.39, 0.29) is 12.0 Å². The highest BCUT2D eigenvalue weighted by molar-refractivity contribution is 7.99. The predicted molar refractivity (Wildman–Crippen MR) is 137 cm³/mol. The lowest BCUT2D eigenvalue weighted by Crippen LogP contribution is -2.43. The first-order valence-corrected chi connectivity index (χ1v) is 13.6. The number of aryl methyl sites for hydroxylation is 1. The number of piperidine rings is 1. The van der Waals surface area contributed by atoms with Gasteiger partial charge in [-0.3, -0.25) is 4.98 Å². The Morgan fingerprint density at radius 3 is 2.70 bits per heavy atom. The number of aliphatic hydroxyl groups is 2. The van der Waals surface area contributed by atoms with E-state index < -0.39 is 6.10 Å². The first kappa shape index (κ1) is 24.8. The van der Waals surface area contributed by atoms with Crippen LogP contribution in [0.5, 0.6) is 5.75 Å². The number of fused-ring (bicyclic) bond motifs is 1. The molecule has 0 unspecified atom stereocenters. The molecule has 182 valence electrons. The number of methoxy groups -OCH3 is 1. The fourth-order valence-corrected chi connectivity index (χ4v) is 6.95. The molecule has 1 aromatic heterocycles. The molecular weight excluding hydrogens is 432 g/mol. The monoisotopic (exact) mass is 472 g/mol. The number of nitrogens with zero attached hydrogens (tertiary/aromatic N) is 2. The van der Waals surface area contributed by atoms with E-state index in [0.717, 1.165) is 71.9 Å². The summed E-state index contributed by atoms with van der Waals surface area (Å²) in [6.45, 7) is 5.48. The minimum Gasteiger partial charge on any atom is -0.497 e. The van der Waals surface area contributed by atoms with Crippen LogP contribution < -0.4 is 4.74 Å². The van der Waals surface area contributed by atoms with E-state index in [1.54, 1.807) is 7.11 Å². The number of benzene rings is 1. The van der Waals surface area contributed by atoms with Gasteiger partial charge in [0, 0.05) is 35.7 Å². The van der Waals surface area contributed by atoms with Gasteiger partial charge in [0.1, 0.15) is 5.75 Å². The van der Waals surface area contributed by atoms with Crippen LogP contribution in [-0.4, -0.2) is 64.5 Å². The average molecular weight is 473 g/mol. The second kappa shape index (κ2) is 11.4. The summed E-state index contributed by atoms with van der Waals surface area (Å²) in [7, 11) is 1.66. The number of rotatable bonds is 10. The van der Waals surface area contributed by atoms with Gasteiger partial charge in [-0.2, -0.15) is 11.8 Å². The molecule has 2 aromatic rings. The Kier molecular flexibility index (Phi) is 8.55. The van der Waals surface area contributed by atoms with Gasteiger partial charge in [0.2, 0.25) is 0 Å². The number of ether oxygens (including phenoxy) is 1. The maximum absolute atomic E-state index is 11.2. The Morgan fingerprint density at radius 1 is 1.24 bits per heavy atom. The van der Waals surface area contributed by atoms with E-state index >= 15 is 0 Å². The molecule has 1 saturated heterocycles. The van der Waals surface area contributed by atoms with Crippen molar-refractivity contribution < 1.29 is 14.9 Å². The molecule has 6 heteroatoms. The zero-order valence-corrected chi connectivity index (χ0v) is 21.1. The summed E-state index contributed by atoms with van der Waals surface area (Å²) in [5, 5.41) is 23.3. The van der Waals surface area contributed by atoms with Crippen LogP contribution in [0.4, 0.5) is 0 Å². The highest BCUT2D eigenvalue weighted by Gasteiger charge is 2.34. The van der Waals surface area contributed by atoms with Gasteiger partial charge in [-0.05, 0) is 93.3 Å². The fourth-order valence-electron chi connectivity index (χ4n) is 5.59. The SMILES string of the molecule is COc1ccc2ncc(C)c([C@@H](O)CCC3(CO)CCN(CCSC4CCCC4)CC3)c2c1. The third kappa shape index (κ3) is 6.02. The summed E-state index contributed by atoms with van der Waals surface area (Å²) in [6, 6.07) is 5.82. The van der Waals surface area contributed by atoms with Gasteiger partial charge in [-0.25, -0.2) is 0 Å². The van der Waals surface area contributed by atoms with Crippen molar-refractivity contribution in [1.82, 2.24) is 9.88 Å². The molecule has 4 rings (SSSR count). The second-order valence-electron chi connectivity index (χ2n) is 10.1. The van der Waals surface area contributed by atoms with E-state index in [4.69, 9.17) is 4.74 Å². The van der Waals surface area contributed by atoms with Gasteiger partial charge in [0.15, 0.2) is 0 Å². The summed E-state index contributed by atoms with van der Waals surface area (Å²) in [5.41, 5.74) is 2.73. The first-order chi connectivity index (χ1) is 16.0. The van der Waals surface area contributed by atoms with Crippen molar-refractivity contribution >= 4 is 22.7 Å². The zero-order chi connectivity index (χ0) is 23.3. The number of hydrogen-bond acceptors (Lipinski definition) is 6. The van der Waals surface area contributed by atoms with E-state index in [1.165, 1.54) is 31.4 Å². The molecule has 2 heterocycles. The number of hydrogen-bond donors (Lipinski definition) is 2. The summed E-state index contributed by atoms with van der Waals surface area (Å²) in [5.74, 6) is 2.00. The van der Waals surface area contributed by atoms with Crippen LogP contribution in [0.15, 0.2) is 24.4 Å². The average Bonchev–Trinajstić information content (AvgIpc) is 3.36. The number of aromatic nitrogens is 1. The number of pyridine rings is 1. The van der Waals surface area contributed by atoms with Crippen molar-refractivity contribution in [3.63, 3.8) is 0 Å². The van der Waals surface area contributed by atoms with E-state index in [9.17, 15) is 10.2 Å². The molecule has 33 heavy (non-hydrogen) atoms. The van der Waals surface area contributed by atoms with Crippen LogP contribution in [0.25, 0.3) is 10.9 Å². The summed E-state index contributed by atoms with van der Waals surface area (Å²) >= 11 is 2.16. The topological polar surface area (TPSA) is 65.8 Å². The van der Waals surface area contributed by atoms with Gasteiger partial charge in [0.05, 0.1) is 18.7 Å². The predicted octanol–water partition coefficient (Wildman–Crippen LogP) is 5.12. The lowest BCUT2D eigenvalue weighted by atomic mass is 9.74. The maximum atomic E-state index is 11.2. The molecule has 1 aliphatic heterocycles. The zero-order valence-electron chi connectivity index (χ0n) is 20.3. The van der Waals surface area contributed by atoms with Gasteiger partial charge < -0.3 is 19.8 Å². The van der Waals surface area contributed by atoms with Gasteiger partial charge in [-0.1, -0.05) is 12.8 Å². The lowest BCUT2D eigenvalue weighted by molar-refractivity contribution is 0.0254. The smallest absolute Gasteiger partial charge is 0.119 e.